The molecule has 0 aliphatic heterocycles. The monoisotopic (exact) mass is 204 g/mol. The van der Waals surface area contributed by atoms with E-state index in [1.165, 1.54) is 0 Å². The highest BCUT2D eigenvalue weighted by Gasteiger charge is 2.37. The van der Waals surface area contributed by atoms with Gasteiger partial charge in [-0.2, -0.15) is 13.2 Å². The van der Waals surface area contributed by atoms with E-state index in [1.54, 1.807) is 24.3 Å². The molecule has 0 aliphatic rings. The molecule has 0 unspecified atom stereocenters. The van der Waals surface area contributed by atoms with Crippen LogP contribution in [-0.4, -0.2) is 17.4 Å². The van der Waals surface area contributed by atoms with Gasteiger partial charge in [0.1, 0.15) is 0 Å². The lowest BCUT2D eigenvalue weighted by Gasteiger charge is -2.14. The SMILES string of the molecule is Cc1ccc(C[C@@H](O)C(F)(F)F)cc1. The molecule has 0 saturated carbocycles. The maximum Gasteiger partial charge on any atom is 0.414 e. The van der Waals surface area contributed by atoms with Crippen molar-refractivity contribution >= 4 is 0 Å². The summed E-state index contributed by atoms with van der Waals surface area (Å²) < 4.78 is 35.9. The van der Waals surface area contributed by atoms with Crippen LogP contribution in [0.4, 0.5) is 13.2 Å². The van der Waals surface area contributed by atoms with Crippen molar-refractivity contribution in [3.05, 3.63) is 35.4 Å². The van der Waals surface area contributed by atoms with Gasteiger partial charge in [-0.05, 0) is 12.5 Å². The van der Waals surface area contributed by atoms with Crippen LogP contribution in [0.3, 0.4) is 0 Å². The molecule has 1 N–H and O–H groups in total. The van der Waals surface area contributed by atoms with Crippen molar-refractivity contribution in [1.82, 2.24) is 0 Å². The van der Waals surface area contributed by atoms with Crippen LogP contribution in [0.2, 0.25) is 0 Å². The summed E-state index contributed by atoms with van der Waals surface area (Å²) in [6.45, 7) is 1.85. The molecule has 14 heavy (non-hydrogen) atoms. The fraction of sp³-hybridized carbons (Fsp3) is 0.400. The second-order valence-corrected chi connectivity index (χ2v) is 3.25. The summed E-state index contributed by atoms with van der Waals surface area (Å²) in [7, 11) is 0. The van der Waals surface area contributed by atoms with Crippen molar-refractivity contribution in [1.29, 1.82) is 0 Å². The lowest BCUT2D eigenvalue weighted by Crippen LogP contribution is -2.30. The number of halogens is 3. The average molecular weight is 204 g/mol. The van der Waals surface area contributed by atoms with E-state index >= 15 is 0 Å². The molecule has 0 spiro atoms. The molecule has 0 bridgehead atoms. The van der Waals surface area contributed by atoms with Gasteiger partial charge < -0.3 is 5.11 Å². The van der Waals surface area contributed by atoms with Crippen LogP contribution in [0.25, 0.3) is 0 Å². The molecule has 78 valence electrons. The smallest absolute Gasteiger partial charge is 0.383 e. The number of aliphatic hydroxyl groups excluding tert-OH is 1. The molecule has 0 radical (unpaired) electrons. The Labute approximate surface area is 80.2 Å². The summed E-state index contributed by atoms with van der Waals surface area (Å²) >= 11 is 0. The largest absolute Gasteiger partial charge is 0.414 e. The standard InChI is InChI=1S/C10H11F3O/c1-7-2-4-8(5-3-7)6-9(14)10(11,12)13/h2-5,9,14H,6H2,1H3/t9-/m1/s1. The van der Waals surface area contributed by atoms with Gasteiger partial charge in [-0.25, -0.2) is 0 Å². The zero-order valence-corrected chi connectivity index (χ0v) is 7.67. The van der Waals surface area contributed by atoms with E-state index in [0.717, 1.165) is 5.56 Å². The number of aryl methyl sites for hydroxylation is 1. The Morgan fingerprint density at radius 3 is 2.14 bits per heavy atom. The fourth-order valence-electron chi connectivity index (χ4n) is 1.06. The molecule has 0 aromatic heterocycles. The van der Waals surface area contributed by atoms with Crippen molar-refractivity contribution in [2.24, 2.45) is 0 Å². The number of aliphatic hydroxyl groups is 1. The molecule has 1 nitrogen and oxygen atoms in total. The Morgan fingerprint density at radius 2 is 1.71 bits per heavy atom. The first-order valence-corrected chi connectivity index (χ1v) is 4.20. The van der Waals surface area contributed by atoms with Crippen molar-refractivity contribution < 1.29 is 18.3 Å². The van der Waals surface area contributed by atoms with Gasteiger partial charge in [0.05, 0.1) is 0 Å². The molecule has 0 fully saturated rings. The third-order valence-corrected chi connectivity index (χ3v) is 1.93. The van der Waals surface area contributed by atoms with Crippen LogP contribution in [0.5, 0.6) is 0 Å². The number of alkyl halides is 3. The maximum atomic E-state index is 12.0. The Morgan fingerprint density at radius 1 is 1.21 bits per heavy atom. The Bertz CT molecular complexity index is 289. The lowest BCUT2D eigenvalue weighted by molar-refractivity contribution is -0.203. The molecule has 0 saturated heterocycles. The van der Waals surface area contributed by atoms with Crippen LogP contribution in [0.1, 0.15) is 11.1 Å². The minimum absolute atomic E-state index is 0.385. The predicted octanol–water partition coefficient (Wildman–Crippen LogP) is 2.46. The Hall–Kier alpha value is -1.03. The first kappa shape index (κ1) is 11.0. The minimum Gasteiger partial charge on any atom is -0.383 e. The summed E-state index contributed by atoms with van der Waals surface area (Å²) in [5.41, 5.74) is 1.47. The third-order valence-electron chi connectivity index (χ3n) is 1.93. The third kappa shape index (κ3) is 3.03. The van der Waals surface area contributed by atoms with Crippen LogP contribution in [0, 0.1) is 6.92 Å². The minimum atomic E-state index is -4.54. The van der Waals surface area contributed by atoms with Gasteiger partial charge in [0.25, 0.3) is 0 Å². The molecule has 0 amide bonds. The van der Waals surface area contributed by atoms with Gasteiger partial charge in [-0.3, -0.25) is 0 Å². The van der Waals surface area contributed by atoms with Gasteiger partial charge in [-0.1, -0.05) is 29.8 Å². The van der Waals surface area contributed by atoms with E-state index in [4.69, 9.17) is 5.11 Å². The van der Waals surface area contributed by atoms with Gasteiger partial charge in [0.2, 0.25) is 0 Å². The fourth-order valence-corrected chi connectivity index (χ4v) is 1.06. The lowest BCUT2D eigenvalue weighted by atomic mass is 10.1. The van der Waals surface area contributed by atoms with Gasteiger partial charge in [-0.15, -0.1) is 0 Å². The topological polar surface area (TPSA) is 20.2 Å². The highest BCUT2D eigenvalue weighted by atomic mass is 19.4. The first-order chi connectivity index (χ1) is 6.39. The molecule has 0 aliphatic carbocycles. The highest BCUT2D eigenvalue weighted by molar-refractivity contribution is 5.21. The van der Waals surface area contributed by atoms with Gasteiger partial charge in [0, 0.05) is 6.42 Å². The summed E-state index contributed by atoms with van der Waals surface area (Å²) in [6.07, 6.45) is -7.19. The summed E-state index contributed by atoms with van der Waals surface area (Å²) in [5, 5.41) is 8.78. The van der Waals surface area contributed by atoms with Gasteiger partial charge in [0.15, 0.2) is 6.10 Å². The maximum absolute atomic E-state index is 12.0. The number of hydrogen-bond acceptors (Lipinski definition) is 1. The average Bonchev–Trinajstić information content (AvgIpc) is 2.07. The summed E-state index contributed by atoms with van der Waals surface area (Å²) in [4.78, 5) is 0. The number of benzene rings is 1. The molecular weight excluding hydrogens is 193 g/mol. The van der Waals surface area contributed by atoms with Crippen LogP contribution in [0.15, 0.2) is 24.3 Å². The molecule has 4 heteroatoms. The second kappa shape index (κ2) is 4.00. The molecule has 1 aromatic carbocycles. The predicted molar refractivity (Wildman–Crippen MR) is 46.9 cm³/mol. The van der Waals surface area contributed by atoms with Gasteiger partial charge >= 0.3 is 6.18 Å². The van der Waals surface area contributed by atoms with E-state index in [1.807, 2.05) is 6.92 Å². The van der Waals surface area contributed by atoms with E-state index in [9.17, 15) is 13.2 Å². The van der Waals surface area contributed by atoms with E-state index in [0.29, 0.717) is 5.56 Å². The van der Waals surface area contributed by atoms with Crippen molar-refractivity contribution in [3.63, 3.8) is 0 Å². The zero-order valence-electron chi connectivity index (χ0n) is 7.67. The molecular formula is C10H11F3O. The van der Waals surface area contributed by atoms with Crippen LogP contribution >= 0.6 is 0 Å². The normalized spacial score (nSPS) is 14.1. The van der Waals surface area contributed by atoms with Crippen molar-refractivity contribution in [2.75, 3.05) is 0 Å². The van der Waals surface area contributed by atoms with E-state index in [2.05, 4.69) is 0 Å². The Balaban J connectivity index is 2.65. The summed E-state index contributed by atoms with van der Waals surface area (Å²) in [5.74, 6) is 0. The highest BCUT2D eigenvalue weighted by Crippen LogP contribution is 2.22. The number of rotatable bonds is 2. The molecule has 1 rings (SSSR count). The van der Waals surface area contributed by atoms with Crippen LogP contribution in [-0.2, 0) is 6.42 Å². The first-order valence-electron chi connectivity index (χ1n) is 4.20. The second-order valence-electron chi connectivity index (χ2n) is 3.25. The van der Waals surface area contributed by atoms with E-state index in [-0.39, 0.29) is 6.42 Å². The summed E-state index contributed by atoms with van der Waals surface area (Å²) in [6, 6.07) is 6.62. The van der Waals surface area contributed by atoms with Crippen molar-refractivity contribution in [3.8, 4) is 0 Å². The Kier molecular flexibility index (Phi) is 3.16. The van der Waals surface area contributed by atoms with Crippen LogP contribution < -0.4 is 0 Å². The molecule has 0 heterocycles. The van der Waals surface area contributed by atoms with Crippen molar-refractivity contribution in [2.45, 2.75) is 25.6 Å². The zero-order chi connectivity index (χ0) is 10.8. The quantitative estimate of drug-likeness (QED) is 0.784. The molecule has 1 aromatic rings. The number of hydrogen-bond donors (Lipinski definition) is 1. The molecule has 1 atom stereocenters. The van der Waals surface area contributed by atoms with E-state index < -0.39 is 12.3 Å².